The second-order valence-electron chi connectivity index (χ2n) is 9.84. The van der Waals surface area contributed by atoms with Crippen molar-refractivity contribution in [3.8, 4) is 22.4 Å². The van der Waals surface area contributed by atoms with Crippen LogP contribution in [0.2, 0.25) is 0 Å². The smallest absolute Gasteiger partial charge is 0.299 e. The van der Waals surface area contributed by atoms with Crippen LogP contribution in [0, 0.1) is 0 Å². The van der Waals surface area contributed by atoms with Crippen molar-refractivity contribution in [1.82, 2.24) is 39.7 Å². The van der Waals surface area contributed by atoms with Gasteiger partial charge in [-0.1, -0.05) is 54.6 Å². The summed E-state index contributed by atoms with van der Waals surface area (Å²) in [5, 5.41) is 14.6. The van der Waals surface area contributed by atoms with Crippen LogP contribution < -0.4 is 5.69 Å². The van der Waals surface area contributed by atoms with E-state index in [-0.39, 0.29) is 5.69 Å². The molecule has 4 aromatic heterocycles. The lowest BCUT2D eigenvalue weighted by atomic mass is 9.95. The molecule has 0 radical (unpaired) electrons. The number of aromatic amines is 2. The van der Waals surface area contributed by atoms with Crippen molar-refractivity contribution in [3.63, 3.8) is 0 Å². The minimum Gasteiger partial charge on any atom is -0.299 e. The molecule has 1 aliphatic heterocycles. The van der Waals surface area contributed by atoms with E-state index in [1.165, 1.54) is 9.96 Å². The molecule has 0 spiro atoms. The molecule has 0 bridgehead atoms. The van der Waals surface area contributed by atoms with E-state index in [0.29, 0.717) is 11.6 Å². The molecule has 9 nitrogen and oxygen atoms in total. The monoisotopic (exact) mass is 502 g/mol. The molecule has 9 heteroatoms. The van der Waals surface area contributed by atoms with Crippen LogP contribution in [0.5, 0.6) is 0 Å². The summed E-state index contributed by atoms with van der Waals surface area (Å²) in [5.41, 5.74) is 6.43. The summed E-state index contributed by atoms with van der Waals surface area (Å²) >= 11 is 0. The fraction of sp³-hybridized carbons (Fsp3) is 0.207. The summed E-state index contributed by atoms with van der Waals surface area (Å²) in [6.07, 6.45) is 5.49. The average molecular weight is 503 g/mol. The van der Waals surface area contributed by atoms with Gasteiger partial charge in [0.15, 0.2) is 5.65 Å². The van der Waals surface area contributed by atoms with Crippen LogP contribution in [0.25, 0.3) is 38.9 Å². The largest absolute Gasteiger partial charge is 0.347 e. The van der Waals surface area contributed by atoms with Crippen LogP contribution in [-0.4, -0.2) is 52.8 Å². The van der Waals surface area contributed by atoms with Crippen LogP contribution in [-0.2, 0) is 6.54 Å². The fourth-order valence-corrected chi connectivity index (χ4v) is 5.47. The summed E-state index contributed by atoms with van der Waals surface area (Å²) in [6, 6.07) is 22.9. The number of piperidine rings is 1. The van der Waals surface area contributed by atoms with Gasteiger partial charge in [-0.2, -0.15) is 10.2 Å². The Bertz CT molecular complexity index is 1760. The molecule has 1 aliphatic rings. The van der Waals surface area contributed by atoms with Gasteiger partial charge in [-0.3, -0.25) is 10.00 Å². The number of likely N-dealkylation sites (tertiary alicyclic amines) is 1. The highest BCUT2D eigenvalue weighted by Crippen LogP contribution is 2.34. The van der Waals surface area contributed by atoms with Gasteiger partial charge in [0.1, 0.15) is 12.2 Å². The van der Waals surface area contributed by atoms with Crippen LogP contribution in [0.4, 0.5) is 0 Å². The molecule has 1 saturated heterocycles. The highest BCUT2D eigenvalue weighted by molar-refractivity contribution is 5.98. The number of benzene rings is 2. The third-order valence-corrected chi connectivity index (χ3v) is 7.51. The summed E-state index contributed by atoms with van der Waals surface area (Å²) in [5.74, 6) is 1.47. The Morgan fingerprint density at radius 1 is 0.921 bits per heavy atom. The SMILES string of the molecule is O=c1[nH]nc2c3cc(-c4ccccc4)c(-c4ccc(CN5CCC(c6ncn[nH]6)CC5)cc4)nc3ccn12. The minimum absolute atomic E-state index is 0.259. The molecule has 38 heavy (non-hydrogen) atoms. The Labute approximate surface area is 218 Å². The van der Waals surface area contributed by atoms with Gasteiger partial charge in [-0.05, 0) is 49.2 Å². The number of H-pyrrole nitrogens is 2. The summed E-state index contributed by atoms with van der Waals surface area (Å²) in [7, 11) is 0. The topological polar surface area (TPSA) is 108 Å². The highest BCUT2D eigenvalue weighted by atomic mass is 16.1. The lowest BCUT2D eigenvalue weighted by Gasteiger charge is -2.30. The number of aromatic nitrogens is 7. The lowest BCUT2D eigenvalue weighted by Crippen LogP contribution is -2.32. The Balaban J connectivity index is 1.19. The van der Waals surface area contributed by atoms with Crippen molar-refractivity contribution >= 4 is 16.6 Å². The van der Waals surface area contributed by atoms with E-state index >= 15 is 0 Å². The maximum Gasteiger partial charge on any atom is 0.347 e. The molecular formula is C29H26N8O. The third kappa shape index (κ3) is 4.06. The van der Waals surface area contributed by atoms with Gasteiger partial charge in [-0.25, -0.2) is 24.3 Å². The average Bonchev–Trinajstić information content (AvgIpc) is 3.64. The van der Waals surface area contributed by atoms with Crippen LogP contribution in [0.15, 0.2) is 84.0 Å². The fourth-order valence-electron chi connectivity index (χ4n) is 5.47. The van der Waals surface area contributed by atoms with Gasteiger partial charge < -0.3 is 0 Å². The number of hydrogen-bond donors (Lipinski definition) is 2. The van der Waals surface area contributed by atoms with Gasteiger partial charge >= 0.3 is 5.69 Å². The molecule has 0 saturated carbocycles. The lowest BCUT2D eigenvalue weighted by molar-refractivity contribution is 0.202. The predicted octanol–water partition coefficient (Wildman–Crippen LogP) is 4.40. The molecule has 1 fully saturated rings. The summed E-state index contributed by atoms with van der Waals surface area (Å²) < 4.78 is 1.52. The van der Waals surface area contributed by atoms with E-state index in [9.17, 15) is 4.79 Å². The zero-order chi connectivity index (χ0) is 25.5. The van der Waals surface area contributed by atoms with Gasteiger partial charge in [0.2, 0.25) is 0 Å². The van der Waals surface area contributed by atoms with Crippen molar-refractivity contribution in [2.45, 2.75) is 25.3 Å². The number of fused-ring (bicyclic) bond motifs is 3. The Kier molecular flexibility index (Phi) is 5.55. The van der Waals surface area contributed by atoms with E-state index < -0.39 is 0 Å². The first-order valence-electron chi connectivity index (χ1n) is 12.9. The maximum atomic E-state index is 12.1. The molecule has 5 heterocycles. The van der Waals surface area contributed by atoms with Crippen molar-refractivity contribution in [3.05, 3.63) is 101 Å². The van der Waals surface area contributed by atoms with E-state index in [1.807, 2.05) is 24.3 Å². The molecule has 7 rings (SSSR count). The van der Waals surface area contributed by atoms with Crippen molar-refractivity contribution in [2.75, 3.05) is 13.1 Å². The molecule has 0 atom stereocenters. The Morgan fingerprint density at radius 3 is 2.50 bits per heavy atom. The molecular weight excluding hydrogens is 476 g/mol. The maximum absolute atomic E-state index is 12.1. The van der Waals surface area contributed by atoms with Crippen molar-refractivity contribution in [2.24, 2.45) is 0 Å². The minimum atomic E-state index is -0.259. The van der Waals surface area contributed by atoms with Gasteiger partial charge in [-0.15, -0.1) is 0 Å². The zero-order valence-corrected chi connectivity index (χ0v) is 20.7. The van der Waals surface area contributed by atoms with Gasteiger partial charge in [0.25, 0.3) is 0 Å². The number of nitrogens with one attached hydrogen (secondary N) is 2. The number of nitrogens with zero attached hydrogens (tertiary/aromatic N) is 6. The van der Waals surface area contributed by atoms with Crippen LogP contribution >= 0.6 is 0 Å². The van der Waals surface area contributed by atoms with Crippen LogP contribution in [0.3, 0.4) is 0 Å². The molecule has 6 aromatic rings. The second-order valence-corrected chi connectivity index (χ2v) is 9.84. The van der Waals surface area contributed by atoms with Gasteiger partial charge in [0.05, 0.1) is 11.2 Å². The molecule has 0 aliphatic carbocycles. The first-order chi connectivity index (χ1) is 18.7. The summed E-state index contributed by atoms with van der Waals surface area (Å²) in [6.45, 7) is 3.01. The predicted molar refractivity (Wildman–Crippen MR) is 146 cm³/mol. The normalized spacial score (nSPS) is 14.9. The molecule has 2 aromatic carbocycles. The number of rotatable bonds is 5. The van der Waals surface area contributed by atoms with E-state index in [4.69, 9.17) is 4.98 Å². The van der Waals surface area contributed by atoms with E-state index in [0.717, 1.165) is 71.6 Å². The third-order valence-electron chi connectivity index (χ3n) is 7.51. The standard InChI is InChI=1S/C29H26N8O/c38-29-35-34-28-24-16-23(20-4-2-1-3-5-20)26(32-25(24)12-15-37(28)29)21-8-6-19(7-9-21)17-36-13-10-22(11-14-36)27-30-18-31-33-27/h1-9,12,15-16,18,22H,10-11,13-14,17H2,(H,35,38)(H,30,31,33). The number of hydrogen-bond acceptors (Lipinski definition) is 6. The Hall–Kier alpha value is -4.63. The van der Waals surface area contributed by atoms with Crippen molar-refractivity contribution in [1.29, 1.82) is 0 Å². The van der Waals surface area contributed by atoms with Crippen molar-refractivity contribution < 1.29 is 0 Å². The van der Waals surface area contributed by atoms with Gasteiger partial charge in [0, 0.05) is 35.2 Å². The molecule has 2 N–H and O–H groups in total. The Morgan fingerprint density at radius 2 is 1.74 bits per heavy atom. The summed E-state index contributed by atoms with van der Waals surface area (Å²) in [4.78, 5) is 24.0. The zero-order valence-electron chi connectivity index (χ0n) is 20.7. The first-order valence-corrected chi connectivity index (χ1v) is 12.9. The van der Waals surface area contributed by atoms with E-state index in [1.54, 1.807) is 12.5 Å². The molecule has 0 amide bonds. The van der Waals surface area contributed by atoms with E-state index in [2.05, 4.69) is 72.7 Å². The number of pyridine rings is 2. The van der Waals surface area contributed by atoms with Crippen LogP contribution in [0.1, 0.15) is 30.1 Å². The molecule has 0 unspecified atom stereocenters. The quantitative estimate of drug-likeness (QED) is 0.362. The highest BCUT2D eigenvalue weighted by Gasteiger charge is 2.22. The second kappa shape index (κ2) is 9.35. The molecule has 188 valence electrons. The first kappa shape index (κ1) is 22.6.